The normalized spacial score (nSPS) is 31.1. The number of quaternary nitrogens is 1. The summed E-state index contributed by atoms with van der Waals surface area (Å²) in [6.45, 7) is -7.40. The Kier molecular flexibility index (Phi) is 6.40. The summed E-state index contributed by atoms with van der Waals surface area (Å²) < 4.78 is 73.4. The van der Waals surface area contributed by atoms with E-state index in [1.54, 1.807) is 0 Å². The Bertz CT molecular complexity index is 1090. The third kappa shape index (κ3) is 7.70. The van der Waals surface area contributed by atoms with Crippen molar-refractivity contribution in [1.82, 2.24) is 9.55 Å². The van der Waals surface area contributed by atoms with Crippen LogP contribution >= 0.6 is 15.6 Å². The molecule has 1 aliphatic heterocycles. The van der Waals surface area contributed by atoms with Gasteiger partial charge in [0.25, 0.3) is 0 Å². The lowest BCUT2D eigenvalue weighted by Gasteiger charge is -2.24. The molecule has 0 amide bonds. The summed E-state index contributed by atoms with van der Waals surface area (Å²) in [7, 11) is -7.56. The van der Waals surface area contributed by atoms with Crippen LogP contribution in [0.2, 0.25) is 0 Å². The summed E-state index contributed by atoms with van der Waals surface area (Å²) in [5, 5.41) is 20.3. The van der Waals surface area contributed by atoms with Crippen molar-refractivity contribution in [3.8, 4) is 0 Å². The van der Waals surface area contributed by atoms with Gasteiger partial charge in [0.15, 0.2) is 6.23 Å². The van der Waals surface area contributed by atoms with E-state index in [9.17, 15) is 33.9 Å². The topological polar surface area (TPSA) is 213 Å². The first-order chi connectivity index (χ1) is 15.6. The summed E-state index contributed by atoms with van der Waals surface area (Å²) >= 11 is 0. The van der Waals surface area contributed by atoms with Crippen molar-refractivity contribution in [3.63, 3.8) is 0 Å². The fraction of sp³-hybridized carbons (Fsp3) is 0.714. The predicted molar refractivity (Wildman–Crippen MR) is 104 cm³/mol. The number of rotatable bonds is 10. The van der Waals surface area contributed by atoms with Crippen molar-refractivity contribution in [2.45, 2.75) is 24.5 Å². The van der Waals surface area contributed by atoms with Gasteiger partial charge >= 0.3 is 21.3 Å². The van der Waals surface area contributed by atoms with E-state index in [1.807, 2.05) is 0 Å². The van der Waals surface area contributed by atoms with Crippen LogP contribution in [0.25, 0.3) is 0 Å². The Morgan fingerprint density at radius 3 is 2.45 bits per heavy atom. The maximum atomic E-state index is 12.1. The van der Waals surface area contributed by atoms with Crippen molar-refractivity contribution in [2.75, 3.05) is 46.5 Å². The Hall–Kier alpha value is -1.22. The minimum Gasteiger partial charge on any atom is -0.387 e. The number of anilines is 1. The van der Waals surface area contributed by atoms with Gasteiger partial charge in [-0.1, -0.05) is 0 Å². The van der Waals surface area contributed by atoms with Gasteiger partial charge < -0.3 is 35.0 Å². The van der Waals surface area contributed by atoms with Crippen LogP contribution in [0.15, 0.2) is 17.1 Å². The molecule has 2 rings (SSSR count). The minimum absolute atomic E-state index is 0.118. The van der Waals surface area contributed by atoms with Crippen LogP contribution in [0.3, 0.4) is 0 Å². The van der Waals surface area contributed by atoms with Gasteiger partial charge in [-0.2, -0.15) is 9.29 Å². The second-order valence-electron chi connectivity index (χ2n) is 7.22. The lowest BCUT2D eigenvalue weighted by molar-refractivity contribution is -0.870. The number of aromatic nitrogens is 2. The second kappa shape index (κ2) is 9.73. The van der Waals surface area contributed by atoms with E-state index in [0.29, 0.717) is 0 Å². The summed E-state index contributed by atoms with van der Waals surface area (Å²) in [5.74, 6) is -0.118. The van der Waals surface area contributed by atoms with E-state index in [-0.39, 0.29) is 5.82 Å². The molecule has 1 aromatic rings. The Morgan fingerprint density at radius 2 is 1.87 bits per heavy atom. The predicted octanol–water partition coefficient (Wildman–Crippen LogP) is -1.60. The molecule has 1 fully saturated rings. The molecule has 15 nitrogen and oxygen atoms in total. The molecule has 1 aromatic heterocycles. The molecule has 178 valence electrons. The van der Waals surface area contributed by atoms with Crippen molar-refractivity contribution in [1.29, 1.82) is 0 Å². The Balaban J connectivity index is 2.07. The molecule has 1 saturated heterocycles. The molecule has 0 spiro atoms. The van der Waals surface area contributed by atoms with Crippen LogP contribution < -0.4 is 11.4 Å². The van der Waals surface area contributed by atoms with E-state index in [1.165, 1.54) is 27.2 Å². The number of phosphoric acid groups is 2. The molecule has 17 heteroatoms. The fourth-order valence-corrected chi connectivity index (χ4v) is 4.13. The number of likely N-dealkylation sites (N-methyl/N-ethyl adjacent to an activating group) is 1. The van der Waals surface area contributed by atoms with Gasteiger partial charge in [0.2, 0.25) is 0 Å². The molecule has 0 aromatic carbocycles. The van der Waals surface area contributed by atoms with Gasteiger partial charge in [-0.25, -0.2) is 13.9 Å². The number of nitrogen functional groups attached to an aromatic ring is 1. The third-order valence-electron chi connectivity index (χ3n) is 3.61. The molecule has 1 aliphatic rings. The fourth-order valence-electron chi connectivity index (χ4n) is 2.27. The van der Waals surface area contributed by atoms with Crippen LogP contribution in [-0.4, -0.2) is 93.2 Å². The molecular weight excluding hydrogens is 463 g/mol. The van der Waals surface area contributed by atoms with Crippen LogP contribution in [0.5, 0.6) is 0 Å². The molecule has 0 bridgehead atoms. The molecule has 2 heterocycles. The van der Waals surface area contributed by atoms with Crippen molar-refractivity contribution in [3.05, 3.63) is 22.7 Å². The van der Waals surface area contributed by atoms with E-state index in [0.717, 1.165) is 10.8 Å². The van der Waals surface area contributed by atoms with E-state index in [2.05, 4.69) is 18.3 Å². The van der Waals surface area contributed by atoms with E-state index < -0.39 is 70.0 Å². The SMILES string of the molecule is [2H]C([2H])(OP(=O)(O)OP(=O)(O)OC[C@H]1O[C@@H](n2ccc(N)nc2=O)[C@H](O)[C@@H]1O)[13C]([2H])([2H])[N+](C)(C)C. The van der Waals surface area contributed by atoms with Gasteiger partial charge in [-0.05, 0) is 6.07 Å². The maximum absolute atomic E-state index is 12.1. The average Bonchev–Trinajstić information content (AvgIpc) is 2.92. The zero-order chi connectivity index (χ0) is 27.2. The van der Waals surface area contributed by atoms with Gasteiger partial charge in [-0.15, -0.1) is 0 Å². The zero-order valence-electron chi connectivity index (χ0n) is 20.6. The van der Waals surface area contributed by atoms with Crippen molar-refractivity contribution in [2.24, 2.45) is 0 Å². The largest absolute Gasteiger partial charge is 0.481 e. The number of ether oxygens (including phenoxy) is 1. The Labute approximate surface area is 183 Å². The van der Waals surface area contributed by atoms with Crippen LogP contribution in [0.4, 0.5) is 5.82 Å². The van der Waals surface area contributed by atoms with Crippen LogP contribution in [0.1, 0.15) is 11.7 Å². The van der Waals surface area contributed by atoms with Gasteiger partial charge in [0, 0.05) is 6.20 Å². The lowest BCUT2D eigenvalue weighted by atomic mass is 10.1. The lowest BCUT2D eigenvalue weighted by Crippen LogP contribution is -2.37. The Morgan fingerprint density at radius 1 is 1.26 bits per heavy atom. The number of aliphatic hydroxyl groups excluding tert-OH is 2. The molecule has 0 aliphatic carbocycles. The molecule has 6 atom stereocenters. The molecule has 2 unspecified atom stereocenters. The van der Waals surface area contributed by atoms with Crippen LogP contribution in [0, 0.1) is 0 Å². The number of hydrogen-bond donors (Lipinski definition) is 5. The number of nitrogens with zero attached hydrogens (tertiary/aromatic N) is 3. The smallest absolute Gasteiger partial charge is 0.387 e. The van der Waals surface area contributed by atoms with Gasteiger partial charge in [0.05, 0.1) is 33.2 Å². The van der Waals surface area contributed by atoms with E-state index >= 15 is 0 Å². The molecule has 0 saturated carbocycles. The summed E-state index contributed by atoms with van der Waals surface area (Å²) in [6.07, 6.45) is -5.39. The molecule has 31 heavy (non-hydrogen) atoms. The highest BCUT2D eigenvalue weighted by atomic mass is 31.3. The molecule has 0 radical (unpaired) electrons. The van der Waals surface area contributed by atoms with Crippen LogP contribution in [-0.2, 0) is 27.2 Å². The summed E-state index contributed by atoms with van der Waals surface area (Å²) in [5.41, 5.74) is 4.45. The van der Waals surface area contributed by atoms with Gasteiger partial charge in [-0.3, -0.25) is 13.6 Å². The highest BCUT2D eigenvalue weighted by molar-refractivity contribution is 7.61. The molecule has 6 N–H and O–H groups in total. The highest BCUT2D eigenvalue weighted by Gasteiger charge is 2.46. The third-order valence-corrected chi connectivity index (χ3v) is 6.06. The minimum atomic E-state index is -5.74. The van der Waals surface area contributed by atoms with Crippen molar-refractivity contribution >= 4 is 21.5 Å². The van der Waals surface area contributed by atoms with Gasteiger partial charge in [0.1, 0.15) is 37.2 Å². The van der Waals surface area contributed by atoms with E-state index in [4.69, 9.17) is 16.0 Å². The number of hydrogen-bond acceptors (Lipinski definition) is 11. The standard InChI is InChI=1S/C14H26N4O11P2/c1-18(2,3)6-7-26-30(22,23)29-31(24,25)27-8-9-11(19)12(20)13(28-9)17-5-4-10(15)16-14(17)21/h4-5,9,11-13,19-20H,6-8H2,1-3H3,(H3-,15,16,21,22,23,24,25)/p+1/t9-,11-,12-,13-/m1/s1/i6+1D2,7D2. The first-order valence-corrected chi connectivity index (χ1v) is 11.5. The highest BCUT2D eigenvalue weighted by Crippen LogP contribution is 2.60. The first kappa shape index (κ1) is 20.4. The molecular formula is C14H27N4O11P2+. The summed E-state index contributed by atoms with van der Waals surface area (Å²) in [4.78, 5) is 34.9. The van der Waals surface area contributed by atoms with Crippen molar-refractivity contribution < 1.29 is 57.2 Å². The maximum Gasteiger partial charge on any atom is 0.481 e. The second-order valence-corrected chi connectivity index (χ2v) is 10.2. The average molecular weight is 494 g/mol. The number of aliphatic hydroxyl groups is 2. The number of nitrogens with two attached hydrogens (primary N) is 1. The summed E-state index contributed by atoms with van der Waals surface area (Å²) in [6, 6.07) is 1.21. The number of phosphoric ester groups is 2. The quantitative estimate of drug-likeness (QED) is 0.141. The zero-order valence-corrected chi connectivity index (χ0v) is 18.4. The first-order valence-electron chi connectivity index (χ1n) is 10.5. The monoisotopic (exact) mass is 494 g/mol.